The third-order valence-electron chi connectivity index (χ3n) is 3.55. The molecule has 0 bridgehead atoms. The zero-order valence-electron chi connectivity index (χ0n) is 11.4. The first-order valence-electron chi connectivity index (χ1n) is 6.24. The molecular formula is C14H18N2O3. The SMILES string of the molecule is Cc1ccc(C(=O)N2CCNC(=O)C2(C)C)cc1O. The Morgan fingerprint density at radius 3 is 2.74 bits per heavy atom. The Hall–Kier alpha value is -2.04. The summed E-state index contributed by atoms with van der Waals surface area (Å²) >= 11 is 0. The number of amides is 2. The number of piperazine rings is 1. The third kappa shape index (κ3) is 2.28. The number of carbonyl (C=O) groups excluding carboxylic acids is 2. The molecule has 0 unspecified atom stereocenters. The molecule has 1 heterocycles. The highest BCUT2D eigenvalue weighted by Gasteiger charge is 2.40. The smallest absolute Gasteiger partial charge is 0.254 e. The van der Waals surface area contributed by atoms with Gasteiger partial charge < -0.3 is 15.3 Å². The summed E-state index contributed by atoms with van der Waals surface area (Å²) in [6.07, 6.45) is 0. The van der Waals surface area contributed by atoms with E-state index in [0.717, 1.165) is 0 Å². The summed E-state index contributed by atoms with van der Waals surface area (Å²) in [6.45, 7) is 6.11. The molecule has 2 amide bonds. The average Bonchev–Trinajstić information content (AvgIpc) is 2.35. The molecule has 0 radical (unpaired) electrons. The fourth-order valence-electron chi connectivity index (χ4n) is 2.15. The van der Waals surface area contributed by atoms with Gasteiger partial charge in [0.15, 0.2) is 0 Å². The number of rotatable bonds is 1. The van der Waals surface area contributed by atoms with Crippen LogP contribution in [0.1, 0.15) is 29.8 Å². The first-order valence-corrected chi connectivity index (χ1v) is 6.24. The molecule has 0 saturated carbocycles. The highest BCUT2D eigenvalue weighted by molar-refractivity contribution is 6.00. The minimum Gasteiger partial charge on any atom is -0.508 e. The van der Waals surface area contributed by atoms with Gasteiger partial charge in [0.25, 0.3) is 5.91 Å². The molecule has 1 saturated heterocycles. The zero-order valence-corrected chi connectivity index (χ0v) is 11.4. The lowest BCUT2D eigenvalue weighted by Crippen LogP contribution is -2.63. The number of aryl methyl sites for hydroxylation is 1. The van der Waals surface area contributed by atoms with Crippen molar-refractivity contribution in [3.8, 4) is 5.75 Å². The van der Waals surface area contributed by atoms with Crippen molar-refractivity contribution in [3.05, 3.63) is 29.3 Å². The van der Waals surface area contributed by atoms with Crippen molar-refractivity contribution in [2.45, 2.75) is 26.3 Å². The van der Waals surface area contributed by atoms with Gasteiger partial charge in [0, 0.05) is 18.7 Å². The van der Waals surface area contributed by atoms with Crippen LogP contribution in [0.15, 0.2) is 18.2 Å². The van der Waals surface area contributed by atoms with Crippen molar-refractivity contribution in [1.82, 2.24) is 10.2 Å². The molecule has 1 fully saturated rings. The standard InChI is InChI=1S/C14H18N2O3/c1-9-4-5-10(8-11(9)17)12(18)16-7-6-15-13(19)14(16,2)3/h4-5,8,17H,6-7H2,1-3H3,(H,15,19). The van der Waals surface area contributed by atoms with E-state index in [1.165, 1.54) is 11.0 Å². The Balaban J connectivity index is 2.32. The van der Waals surface area contributed by atoms with E-state index in [4.69, 9.17) is 0 Å². The minimum atomic E-state index is -0.879. The Morgan fingerprint density at radius 1 is 1.42 bits per heavy atom. The average molecular weight is 262 g/mol. The number of nitrogens with zero attached hydrogens (tertiary/aromatic N) is 1. The first-order chi connectivity index (χ1) is 8.84. The van der Waals surface area contributed by atoms with E-state index in [9.17, 15) is 14.7 Å². The summed E-state index contributed by atoms with van der Waals surface area (Å²) < 4.78 is 0. The molecule has 0 aliphatic carbocycles. The predicted molar refractivity (Wildman–Crippen MR) is 71.0 cm³/mol. The summed E-state index contributed by atoms with van der Waals surface area (Å²) in [5.74, 6) is -0.316. The summed E-state index contributed by atoms with van der Waals surface area (Å²) in [5.41, 5.74) is 0.230. The van der Waals surface area contributed by atoms with Gasteiger partial charge in [-0.2, -0.15) is 0 Å². The van der Waals surface area contributed by atoms with Crippen LogP contribution in [-0.2, 0) is 4.79 Å². The van der Waals surface area contributed by atoms with E-state index in [1.54, 1.807) is 32.9 Å². The molecule has 1 aromatic rings. The molecule has 0 aromatic heterocycles. The fourth-order valence-corrected chi connectivity index (χ4v) is 2.15. The van der Waals surface area contributed by atoms with Crippen LogP contribution in [0.4, 0.5) is 0 Å². The topological polar surface area (TPSA) is 69.6 Å². The number of nitrogens with one attached hydrogen (secondary N) is 1. The Labute approximate surface area is 112 Å². The summed E-state index contributed by atoms with van der Waals surface area (Å²) in [5, 5.41) is 12.4. The Morgan fingerprint density at radius 2 is 2.11 bits per heavy atom. The second-order valence-electron chi connectivity index (χ2n) is 5.27. The van der Waals surface area contributed by atoms with Crippen LogP contribution in [-0.4, -0.2) is 40.4 Å². The lowest BCUT2D eigenvalue weighted by Gasteiger charge is -2.41. The van der Waals surface area contributed by atoms with Crippen LogP contribution in [0.25, 0.3) is 0 Å². The Bertz CT molecular complexity index is 537. The highest BCUT2D eigenvalue weighted by atomic mass is 16.3. The van der Waals surface area contributed by atoms with Gasteiger partial charge >= 0.3 is 0 Å². The molecule has 19 heavy (non-hydrogen) atoms. The van der Waals surface area contributed by atoms with E-state index in [1.807, 2.05) is 0 Å². The van der Waals surface area contributed by atoms with Gasteiger partial charge in [-0.15, -0.1) is 0 Å². The lowest BCUT2D eigenvalue weighted by atomic mass is 9.97. The molecule has 0 spiro atoms. The van der Waals surface area contributed by atoms with Crippen molar-refractivity contribution in [2.24, 2.45) is 0 Å². The van der Waals surface area contributed by atoms with Crippen molar-refractivity contribution < 1.29 is 14.7 Å². The highest BCUT2D eigenvalue weighted by Crippen LogP contribution is 2.23. The summed E-state index contributed by atoms with van der Waals surface area (Å²) in [4.78, 5) is 25.8. The Kier molecular flexibility index (Phi) is 3.22. The zero-order chi connectivity index (χ0) is 14.2. The largest absolute Gasteiger partial charge is 0.508 e. The number of phenolic OH excluding ortho intramolecular Hbond substituents is 1. The lowest BCUT2D eigenvalue weighted by molar-refractivity contribution is -0.133. The van der Waals surface area contributed by atoms with Crippen LogP contribution in [0.3, 0.4) is 0 Å². The van der Waals surface area contributed by atoms with Crippen molar-refractivity contribution >= 4 is 11.8 Å². The summed E-state index contributed by atoms with van der Waals surface area (Å²) in [6, 6.07) is 4.81. The van der Waals surface area contributed by atoms with Crippen LogP contribution in [0.2, 0.25) is 0 Å². The van der Waals surface area contributed by atoms with Gasteiger partial charge in [-0.3, -0.25) is 9.59 Å². The number of carbonyl (C=O) groups is 2. The van der Waals surface area contributed by atoms with E-state index in [2.05, 4.69) is 5.32 Å². The first kappa shape index (κ1) is 13.4. The second kappa shape index (κ2) is 4.57. The van der Waals surface area contributed by atoms with Gasteiger partial charge in [0.2, 0.25) is 5.91 Å². The van der Waals surface area contributed by atoms with Gasteiger partial charge in [0.1, 0.15) is 11.3 Å². The van der Waals surface area contributed by atoms with Gasteiger partial charge in [0.05, 0.1) is 0 Å². The van der Waals surface area contributed by atoms with Crippen LogP contribution in [0.5, 0.6) is 5.75 Å². The normalized spacial score (nSPS) is 18.1. The molecule has 1 aliphatic heterocycles. The maximum Gasteiger partial charge on any atom is 0.254 e. The predicted octanol–water partition coefficient (Wildman–Crippen LogP) is 1.05. The molecule has 5 nitrogen and oxygen atoms in total. The quantitative estimate of drug-likeness (QED) is 0.795. The maximum atomic E-state index is 12.5. The number of benzene rings is 1. The third-order valence-corrected chi connectivity index (χ3v) is 3.55. The molecule has 2 rings (SSSR count). The van der Waals surface area contributed by atoms with E-state index < -0.39 is 5.54 Å². The second-order valence-corrected chi connectivity index (χ2v) is 5.27. The number of hydrogen-bond donors (Lipinski definition) is 2. The van der Waals surface area contributed by atoms with E-state index in [0.29, 0.717) is 24.2 Å². The fraction of sp³-hybridized carbons (Fsp3) is 0.429. The number of aromatic hydroxyl groups is 1. The van der Waals surface area contributed by atoms with E-state index >= 15 is 0 Å². The van der Waals surface area contributed by atoms with Crippen molar-refractivity contribution in [1.29, 1.82) is 0 Å². The molecule has 0 atom stereocenters. The number of hydrogen-bond acceptors (Lipinski definition) is 3. The summed E-state index contributed by atoms with van der Waals surface area (Å²) in [7, 11) is 0. The molecule has 1 aromatic carbocycles. The van der Waals surface area contributed by atoms with Crippen LogP contribution < -0.4 is 5.32 Å². The van der Waals surface area contributed by atoms with Crippen molar-refractivity contribution in [2.75, 3.05) is 13.1 Å². The molecule has 102 valence electrons. The van der Waals surface area contributed by atoms with Crippen LogP contribution in [0, 0.1) is 6.92 Å². The van der Waals surface area contributed by atoms with E-state index in [-0.39, 0.29) is 17.6 Å². The van der Waals surface area contributed by atoms with Gasteiger partial charge in [-0.1, -0.05) is 6.07 Å². The van der Waals surface area contributed by atoms with Crippen molar-refractivity contribution in [3.63, 3.8) is 0 Å². The molecule has 5 heteroatoms. The molecule has 1 aliphatic rings. The van der Waals surface area contributed by atoms with Gasteiger partial charge in [-0.25, -0.2) is 0 Å². The minimum absolute atomic E-state index is 0.0881. The molecule has 2 N–H and O–H groups in total. The van der Waals surface area contributed by atoms with Crippen LogP contribution >= 0.6 is 0 Å². The maximum absolute atomic E-state index is 12.5. The van der Waals surface area contributed by atoms with Gasteiger partial charge in [-0.05, 0) is 38.5 Å². The molecular weight excluding hydrogens is 244 g/mol. The number of phenols is 1. The monoisotopic (exact) mass is 262 g/mol.